The van der Waals surface area contributed by atoms with Gasteiger partial charge in [-0.15, -0.1) is 0 Å². The van der Waals surface area contributed by atoms with Crippen molar-refractivity contribution in [2.75, 3.05) is 26.4 Å². The topological polar surface area (TPSA) is 157 Å². The second kappa shape index (κ2) is 15.6. The third-order valence-corrected chi connectivity index (χ3v) is 5.10. The summed E-state index contributed by atoms with van der Waals surface area (Å²) in [7, 11) is 0. The number of aliphatic hydroxyl groups is 3. The minimum absolute atomic E-state index is 0.0311. The maximum atomic E-state index is 12.1. The van der Waals surface area contributed by atoms with Gasteiger partial charge in [0.05, 0.1) is 51.5 Å². The summed E-state index contributed by atoms with van der Waals surface area (Å²) >= 11 is 1.78. The fraction of sp³-hybridized carbons (Fsp3) is 0.714. The highest BCUT2D eigenvalue weighted by Gasteiger charge is 2.30. The van der Waals surface area contributed by atoms with Crippen LogP contribution >= 0.6 is 22.6 Å². The van der Waals surface area contributed by atoms with Crippen molar-refractivity contribution >= 4 is 45.9 Å². The smallest absolute Gasteiger partial charge is 0.306 e. The van der Waals surface area contributed by atoms with E-state index in [0.717, 1.165) is 0 Å². The minimum atomic E-state index is -1.06. The highest BCUT2D eigenvalue weighted by atomic mass is 127. The molecule has 0 aromatic heterocycles. The molecule has 182 valence electrons. The molecule has 0 heterocycles. The molecule has 1 aliphatic carbocycles. The predicted octanol–water partition coefficient (Wildman–Crippen LogP) is 0.414. The van der Waals surface area contributed by atoms with Gasteiger partial charge >= 0.3 is 5.97 Å². The van der Waals surface area contributed by atoms with E-state index in [1.165, 1.54) is 0 Å². The number of alkyl halides is 1. The van der Waals surface area contributed by atoms with Gasteiger partial charge in [-0.05, 0) is 5.57 Å². The number of esters is 1. The molecule has 1 saturated carbocycles. The molecule has 0 aliphatic heterocycles. The van der Waals surface area contributed by atoms with E-state index >= 15 is 0 Å². The van der Waals surface area contributed by atoms with E-state index in [1.54, 1.807) is 22.6 Å². The first kappa shape index (κ1) is 28.8. The summed E-state index contributed by atoms with van der Waals surface area (Å²) in [5, 5.41) is 28.6. The molecule has 1 aliphatic rings. The maximum Gasteiger partial charge on any atom is 0.306 e. The minimum Gasteiger partial charge on any atom is -0.454 e. The van der Waals surface area contributed by atoms with Crippen LogP contribution in [0.5, 0.6) is 0 Å². The average molecular weight is 570 g/mol. The summed E-state index contributed by atoms with van der Waals surface area (Å²) in [4.78, 5) is 47.0. The van der Waals surface area contributed by atoms with E-state index < -0.39 is 34.2 Å². The molecule has 0 aromatic rings. The van der Waals surface area contributed by atoms with Gasteiger partial charge in [0.25, 0.3) is 0 Å². The Labute approximate surface area is 200 Å². The fourth-order valence-corrected chi connectivity index (χ4v) is 3.46. The van der Waals surface area contributed by atoms with E-state index in [0.29, 0.717) is 0 Å². The summed E-state index contributed by atoms with van der Waals surface area (Å²) < 4.78 is 14.8. The van der Waals surface area contributed by atoms with Crippen LogP contribution in [-0.4, -0.2) is 87.5 Å². The number of carbonyl (C=O) groups is 4. The molecule has 11 heteroatoms. The van der Waals surface area contributed by atoms with Crippen LogP contribution in [0.25, 0.3) is 0 Å². The number of halogens is 1. The molecule has 1 fully saturated rings. The fourth-order valence-electron chi connectivity index (χ4n) is 2.87. The number of ketones is 3. The number of aliphatic hydroxyl groups excluding tert-OH is 3. The normalized spacial score (nSPS) is 19.3. The Balaban J connectivity index is 2.15. The second-order valence-electron chi connectivity index (χ2n) is 7.55. The van der Waals surface area contributed by atoms with Gasteiger partial charge in [-0.3, -0.25) is 19.2 Å². The SMILES string of the molecule is C=C(CC(O)COCCOCC(O)CC(O)I)C(=O)CCC(=O)OC1CC(=O)CCC1=O. The lowest BCUT2D eigenvalue weighted by molar-refractivity contribution is -0.158. The number of hydrogen-bond donors (Lipinski definition) is 3. The summed E-state index contributed by atoms with van der Waals surface area (Å²) in [6.45, 7) is 4.00. The highest BCUT2D eigenvalue weighted by molar-refractivity contribution is 14.1. The van der Waals surface area contributed by atoms with Crippen molar-refractivity contribution in [3.63, 3.8) is 0 Å². The predicted molar refractivity (Wildman–Crippen MR) is 120 cm³/mol. The molecule has 0 radical (unpaired) electrons. The van der Waals surface area contributed by atoms with Gasteiger partial charge in [0, 0.05) is 32.1 Å². The Kier molecular flexibility index (Phi) is 14.0. The Morgan fingerprint density at radius 2 is 1.66 bits per heavy atom. The average Bonchev–Trinajstić information content (AvgIpc) is 2.70. The zero-order chi connectivity index (χ0) is 24.1. The van der Waals surface area contributed by atoms with Crippen LogP contribution in [0.2, 0.25) is 0 Å². The number of rotatable bonds is 16. The van der Waals surface area contributed by atoms with Gasteiger partial charge in [-0.2, -0.15) is 0 Å². The zero-order valence-electron chi connectivity index (χ0n) is 17.9. The van der Waals surface area contributed by atoms with Crippen LogP contribution in [0.1, 0.15) is 44.9 Å². The van der Waals surface area contributed by atoms with Crippen molar-refractivity contribution in [1.82, 2.24) is 0 Å². The van der Waals surface area contributed by atoms with E-state index in [4.69, 9.17) is 19.3 Å². The monoisotopic (exact) mass is 570 g/mol. The van der Waals surface area contributed by atoms with Crippen LogP contribution in [0.15, 0.2) is 12.2 Å². The molecular weight excluding hydrogens is 539 g/mol. The zero-order valence-corrected chi connectivity index (χ0v) is 20.0. The molecule has 3 N–H and O–H groups in total. The number of ether oxygens (including phenoxy) is 3. The molecule has 0 spiro atoms. The Bertz CT molecular complexity index is 663. The van der Waals surface area contributed by atoms with Crippen molar-refractivity contribution in [2.24, 2.45) is 0 Å². The third kappa shape index (κ3) is 12.7. The Hall–Kier alpha value is -1.25. The first-order chi connectivity index (χ1) is 15.1. The largest absolute Gasteiger partial charge is 0.454 e. The van der Waals surface area contributed by atoms with E-state index in [-0.39, 0.29) is 88.5 Å². The van der Waals surface area contributed by atoms with Gasteiger partial charge in [0.1, 0.15) is 9.89 Å². The van der Waals surface area contributed by atoms with E-state index in [2.05, 4.69) is 6.58 Å². The quantitative estimate of drug-likeness (QED) is 0.0781. The molecule has 0 bridgehead atoms. The van der Waals surface area contributed by atoms with Crippen LogP contribution in [-0.2, 0) is 33.4 Å². The molecule has 10 nitrogen and oxygen atoms in total. The van der Waals surface area contributed by atoms with Crippen molar-refractivity contribution in [1.29, 1.82) is 0 Å². The van der Waals surface area contributed by atoms with Gasteiger partial charge in [-0.25, -0.2) is 0 Å². The summed E-state index contributed by atoms with van der Waals surface area (Å²) in [5.41, 5.74) is 0.134. The van der Waals surface area contributed by atoms with Gasteiger partial charge in [-0.1, -0.05) is 29.2 Å². The first-order valence-corrected chi connectivity index (χ1v) is 11.6. The Morgan fingerprint density at radius 1 is 1.03 bits per heavy atom. The number of Topliss-reactive ketones (excluding diaryl/α,β-unsaturated/α-hetero) is 3. The van der Waals surface area contributed by atoms with Crippen molar-refractivity contribution in [3.05, 3.63) is 12.2 Å². The van der Waals surface area contributed by atoms with Crippen LogP contribution < -0.4 is 0 Å². The lowest BCUT2D eigenvalue weighted by Gasteiger charge is -2.19. The molecule has 1 rings (SSSR count). The lowest BCUT2D eigenvalue weighted by atomic mass is 9.95. The number of carbonyl (C=O) groups excluding carboxylic acids is 4. The lowest BCUT2D eigenvalue weighted by Crippen LogP contribution is -2.34. The van der Waals surface area contributed by atoms with Crippen molar-refractivity contribution in [3.8, 4) is 0 Å². The molecule has 0 aromatic carbocycles. The second-order valence-corrected chi connectivity index (χ2v) is 8.98. The summed E-state index contributed by atoms with van der Waals surface area (Å²) in [6, 6.07) is 0. The molecule has 0 saturated heterocycles. The van der Waals surface area contributed by atoms with Gasteiger partial charge in [0.2, 0.25) is 0 Å². The van der Waals surface area contributed by atoms with Crippen molar-refractivity contribution in [2.45, 2.75) is 67.4 Å². The van der Waals surface area contributed by atoms with Crippen LogP contribution in [0.3, 0.4) is 0 Å². The Morgan fingerprint density at radius 3 is 2.28 bits per heavy atom. The summed E-state index contributed by atoms with van der Waals surface area (Å²) in [6.07, 6.45) is -2.96. The molecule has 4 atom stereocenters. The highest BCUT2D eigenvalue weighted by Crippen LogP contribution is 2.16. The molecule has 0 amide bonds. The maximum absolute atomic E-state index is 12.1. The third-order valence-electron chi connectivity index (χ3n) is 4.59. The van der Waals surface area contributed by atoms with Crippen LogP contribution in [0, 0.1) is 0 Å². The number of hydrogen-bond acceptors (Lipinski definition) is 10. The van der Waals surface area contributed by atoms with E-state index in [1.807, 2.05) is 0 Å². The van der Waals surface area contributed by atoms with Crippen LogP contribution in [0.4, 0.5) is 0 Å². The molecular formula is C21H31IO10. The standard InChI is InChI=1S/C21H31IO10/c1-13(8-15(24)11-30-6-7-31-12-16(25)10-20(22)28)17(26)4-5-21(29)32-19-9-14(23)2-3-18(19)27/h15-16,19-20,24-25,28H,1-12H2. The van der Waals surface area contributed by atoms with E-state index in [9.17, 15) is 29.4 Å². The van der Waals surface area contributed by atoms with Gasteiger partial charge < -0.3 is 29.5 Å². The van der Waals surface area contributed by atoms with Crippen molar-refractivity contribution < 1.29 is 48.7 Å². The summed E-state index contributed by atoms with van der Waals surface area (Å²) in [5.74, 6) is -1.58. The van der Waals surface area contributed by atoms with Gasteiger partial charge in [0.15, 0.2) is 17.7 Å². The molecule has 32 heavy (non-hydrogen) atoms. The molecule has 4 unspecified atom stereocenters. The first-order valence-electron chi connectivity index (χ1n) is 10.4.